The van der Waals surface area contributed by atoms with Gasteiger partial charge in [0.15, 0.2) is 17.4 Å². The molecule has 1 aromatic carbocycles. The number of rotatable bonds is 4. The Kier molecular flexibility index (Phi) is 4.82. The second-order valence-corrected chi connectivity index (χ2v) is 8.40. The average molecular weight is 501 g/mol. The van der Waals surface area contributed by atoms with Crippen molar-refractivity contribution in [2.45, 2.75) is 0 Å². The third-order valence-electron chi connectivity index (χ3n) is 5.16. The van der Waals surface area contributed by atoms with Gasteiger partial charge in [-0.15, -0.1) is 10.2 Å². The number of nitrogens with one attached hydrogen (secondary N) is 1. The molecule has 0 radical (unpaired) electrons. The van der Waals surface area contributed by atoms with Crippen LogP contribution in [0, 0.1) is 20.2 Å². The topological polar surface area (TPSA) is 183 Å². The molecule has 0 aliphatic carbocycles. The van der Waals surface area contributed by atoms with Crippen LogP contribution < -0.4 is 16.1 Å². The SMILES string of the molecule is O=[N+]([O-])c1ccc2c(c1)=N/C(=c1/cc(-c3ccc([N+](=O)[O-])o3)sc3nnc(-c4ccncc4)n3[nH]1)N=2. The lowest BCUT2D eigenvalue weighted by Gasteiger charge is -1.97. The molecule has 1 N–H and O–H groups in total. The average Bonchev–Trinajstić information content (AvgIpc) is 3.60. The molecular weight excluding hydrogens is 490 g/mol. The molecule has 6 rings (SSSR count). The Morgan fingerprint density at radius 1 is 0.917 bits per heavy atom. The Balaban J connectivity index is 1.67. The number of hydrogen-bond donors (Lipinski definition) is 1. The summed E-state index contributed by atoms with van der Waals surface area (Å²) in [6, 6.07) is 12.2. The second kappa shape index (κ2) is 8.17. The van der Waals surface area contributed by atoms with Crippen molar-refractivity contribution in [2.24, 2.45) is 9.98 Å². The van der Waals surface area contributed by atoms with Crippen molar-refractivity contribution in [3.63, 3.8) is 0 Å². The van der Waals surface area contributed by atoms with E-state index >= 15 is 0 Å². The summed E-state index contributed by atoms with van der Waals surface area (Å²) in [5.41, 5.74) is 0.626. The van der Waals surface area contributed by atoms with Crippen LogP contribution >= 0.6 is 11.3 Å². The molecule has 1 aliphatic heterocycles. The van der Waals surface area contributed by atoms with Gasteiger partial charge in [-0.1, -0.05) is 11.3 Å². The Hall–Kier alpha value is -5.31. The molecule has 15 heteroatoms. The van der Waals surface area contributed by atoms with Gasteiger partial charge in [-0.2, -0.15) is 0 Å². The number of H-pyrrole nitrogens is 1. The summed E-state index contributed by atoms with van der Waals surface area (Å²) in [5.74, 6) is 0.544. The molecule has 0 saturated heterocycles. The first-order valence-electron chi connectivity index (χ1n) is 10.2. The summed E-state index contributed by atoms with van der Waals surface area (Å²) in [6.07, 6.45) is 3.24. The lowest BCUT2D eigenvalue weighted by Crippen LogP contribution is -2.21. The second-order valence-electron chi connectivity index (χ2n) is 7.39. The minimum Gasteiger partial charge on any atom is -0.400 e. The van der Waals surface area contributed by atoms with Gasteiger partial charge in [0.25, 0.3) is 5.69 Å². The van der Waals surface area contributed by atoms with Crippen LogP contribution in [0.4, 0.5) is 11.6 Å². The van der Waals surface area contributed by atoms with Crippen LogP contribution in [0.3, 0.4) is 0 Å². The molecular formula is C21H11N9O5S. The van der Waals surface area contributed by atoms with Gasteiger partial charge in [0.1, 0.15) is 10.3 Å². The van der Waals surface area contributed by atoms with Crippen LogP contribution in [-0.2, 0) is 0 Å². The van der Waals surface area contributed by atoms with Crippen LogP contribution in [0.5, 0.6) is 0 Å². The molecule has 0 saturated carbocycles. The first-order chi connectivity index (χ1) is 17.5. The standard InChI is InChI=1S/C21H11N9O5S/c31-29(32)12-1-2-13-14(9-12)24-19(23-13)15-10-17(16-3-4-18(35-16)30(33)34)36-21-26-25-20(28(21)27-15)11-5-7-22-8-6-11/h1-10,27H/b19-15-. The highest BCUT2D eigenvalue weighted by Gasteiger charge is 2.17. The maximum atomic E-state index is 11.2. The van der Waals surface area contributed by atoms with Gasteiger partial charge in [-0.05, 0) is 30.3 Å². The fraction of sp³-hybridized carbons (Fsp3) is 0. The lowest BCUT2D eigenvalue weighted by atomic mass is 10.2. The van der Waals surface area contributed by atoms with E-state index < -0.39 is 15.7 Å². The van der Waals surface area contributed by atoms with Gasteiger partial charge in [0.2, 0.25) is 4.96 Å². The molecule has 0 spiro atoms. The Bertz CT molecular complexity index is 1920. The highest BCUT2D eigenvalue weighted by atomic mass is 32.1. The molecule has 4 aromatic heterocycles. The summed E-state index contributed by atoms with van der Waals surface area (Å²) < 4.78 is 7.05. The number of fused-ring (bicyclic) bond motifs is 2. The first kappa shape index (κ1) is 21.2. The van der Waals surface area contributed by atoms with Crippen LogP contribution in [-0.4, -0.2) is 34.6 Å². The third-order valence-corrected chi connectivity index (χ3v) is 6.14. The predicted molar refractivity (Wildman–Crippen MR) is 124 cm³/mol. The van der Waals surface area contributed by atoms with Gasteiger partial charge in [-0.3, -0.25) is 30.3 Å². The molecule has 36 heavy (non-hydrogen) atoms. The van der Waals surface area contributed by atoms with Crippen LogP contribution in [0.2, 0.25) is 0 Å². The van der Waals surface area contributed by atoms with E-state index in [-0.39, 0.29) is 17.3 Å². The number of pyridine rings is 1. The lowest BCUT2D eigenvalue weighted by molar-refractivity contribution is -0.401. The van der Waals surface area contributed by atoms with E-state index in [0.717, 1.165) is 5.56 Å². The number of nitro benzene ring substituents is 1. The largest absolute Gasteiger partial charge is 0.433 e. The van der Waals surface area contributed by atoms with Gasteiger partial charge in [-0.25, -0.2) is 14.5 Å². The molecule has 5 heterocycles. The molecule has 0 unspecified atom stereocenters. The highest BCUT2D eigenvalue weighted by molar-refractivity contribution is 7.19. The number of hydrogen-bond acceptors (Lipinski definition) is 11. The molecule has 0 atom stereocenters. The minimum absolute atomic E-state index is 0.108. The predicted octanol–water partition coefficient (Wildman–Crippen LogP) is 2.12. The van der Waals surface area contributed by atoms with Crippen molar-refractivity contribution in [3.8, 4) is 22.0 Å². The van der Waals surface area contributed by atoms with Crippen molar-refractivity contribution in [1.29, 1.82) is 0 Å². The number of nitro groups is 2. The number of non-ortho nitro benzene ring substituents is 1. The van der Waals surface area contributed by atoms with E-state index in [1.54, 1.807) is 35.1 Å². The van der Waals surface area contributed by atoms with E-state index in [0.29, 0.717) is 31.7 Å². The zero-order chi connectivity index (χ0) is 24.8. The van der Waals surface area contributed by atoms with Gasteiger partial charge < -0.3 is 4.42 Å². The zero-order valence-corrected chi connectivity index (χ0v) is 18.6. The number of furan rings is 1. The fourth-order valence-corrected chi connectivity index (χ4v) is 4.40. The maximum absolute atomic E-state index is 11.2. The van der Waals surface area contributed by atoms with Crippen molar-refractivity contribution >= 4 is 33.7 Å². The summed E-state index contributed by atoms with van der Waals surface area (Å²) in [5, 5.41) is 35.3. The number of nitrogens with zero attached hydrogens (tertiary/aromatic N) is 8. The first-order valence-corrected chi connectivity index (χ1v) is 11.0. The number of aromatic amines is 1. The van der Waals surface area contributed by atoms with Gasteiger partial charge in [0.05, 0.1) is 26.6 Å². The number of benzene rings is 1. The van der Waals surface area contributed by atoms with Crippen molar-refractivity contribution in [3.05, 3.63) is 97.2 Å². The van der Waals surface area contributed by atoms with E-state index in [9.17, 15) is 20.2 Å². The molecule has 1 aliphatic rings. The zero-order valence-electron chi connectivity index (χ0n) is 17.8. The molecule has 176 valence electrons. The highest BCUT2D eigenvalue weighted by Crippen LogP contribution is 2.29. The maximum Gasteiger partial charge on any atom is 0.433 e. The fourth-order valence-electron chi connectivity index (χ4n) is 3.51. The van der Waals surface area contributed by atoms with E-state index in [1.807, 2.05) is 0 Å². The monoisotopic (exact) mass is 501 g/mol. The summed E-state index contributed by atoms with van der Waals surface area (Å²) in [4.78, 5) is 35.1. The Morgan fingerprint density at radius 2 is 1.72 bits per heavy atom. The molecule has 0 bridgehead atoms. The minimum atomic E-state index is -0.627. The molecule has 5 aromatic rings. The summed E-state index contributed by atoms with van der Waals surface area (Å²) >= 11 is 1.17. The smallest absolute Gasteiger partial charge is 0.400 e. The number of aromatic nitrogens is 5. The van der Waals surface area contributed by atoms with Crippen LogP contribution in [0.25, 0.3) is 32.8 Å². The summed E-state index contributed by atoms with van der Waals surface area (Å²) in [6.45, 7) is 0. The molecule has 0 amide bonds. The van der Waals surface area contributed by atoms with Gasteiger partial charge in [0, 0.05) is 30.1 Å². The normalized spacial score (nSPS) is 13.7. The third kappa shape index (κ3) is 3.64. The van der Waals surface area contributed by atoms with Crippen molar-refractivity contribution in [2.75, 3.05) is 0 Å². The van der Waals surface area contributed by atoms with Crippen LogP contribution in [0.15, 0.2) is 75.3 Å². The quantitative estimate of drug-likeness (QED) is 0.287. The van der Waals surface area contributed by atoms with Crippen molar-refractivity contribution < 1.29 is 14.3 Å². The van der Waals surface area contributed by atoms with E-state index in [4.69, 9.17) is 4.42 Å². The summed E-state index contributed by atoms with van der Waals surface area (Å²) in [7, 11) is 0. The molecule has 0 fully saturated rings. The van der Waals surface area contributed by atoms with E-state index in [2.05, 4.69) is 30.3 Å². The Morgan fingerprint density at radius 3 is 2.47 bits per heavy atom. The van der Waals surface area contributed by atoms with Gasteiger partial charge >= 0.3 is 5.88 Å². The van der Waals surface area contributed by atoms with E-state index in [1.165, 1.54) is 41.7 Å². The van der Waals surface area contributed by atoms with Crippen LogP contribution in [0.1, 0.15) is 0 Å². The van der Waals surface area contributed by atoms with Crippen molar-refractivity contribution in [1.82, 2.24) is 24.8 Å². The molecule has 14 nitrogen and oxygen atoms in total. The Labute approximate surface area is 202 Å².